The van der Waals surface area contributed by atoms with Crippen LogP contribution in [0.25, 0.3) is 0 Å². The SMILES string of the molecule is Nc1cc(OS(=O)(=O)c2ccccc2)ccc1[N+](=O)[O-]. The predicted molar refractivity (Wildman–Crippen MR) is 71.8 cm³/mol. The fourth-order valence-corrected chi connectivity index (χ4v) is 2.46. The van der Waals surface area contributed by atoms with E-state index in [0.717, 1.165) is 12.1 Å². The van der Waals surface area contributed by atoms with Crippen molar-refractivity contribution in [2.24, 2.45) is 0 Å². The quantitative estimate of drug-likeness (QED) is 0.399. The Balaban J connectivity index is 2.31. The Morgan fingerprint density at radius 2 is 1.75 bits per heavy atom. The minimum absolute atomic E-state index is 0.0167. The van der Waals surface area contributed by atoms with Crippen molar-refractivity contribution in [2.75, 3.05) is 5.73 Å². The number of benzene rings is 2. The lowest BCUT2D eigenvalue weighted by Crippen LogP contribution is -2.09. The molecule has 2 aromatic carbocycles. The van der Waals surface area contributed by atoms with Crippen molar-refractivity contribution in [1.82, 2.24) is 0 Å². The topological polar surface area (TPSA) is 113 Å². The molecule has 0 aliphatic rings. The zero-order valence-corrected chi connectivity index (χ0v) is 10.9. The molecule has 0 heterocycles. The minimum Gasteiger partial charge on any atom is -0.393 e. The first kappa shape index (κ1) is 13.8. The van der Waals surface area contributed by atoms with Gasteiger partial charge in [-0.2, -0.15) is 8.42 Å². The molecular weight excluding hydrogens is 284 g/mol. The van der Waals surface area contributed by atoms with Gasteiger partial charge in [-0.15, -0.1) is 0 Å². The van der Waals surface area contributed by atoms with Crippen LogP contribution in [0, 0.1) is 10.1 Å². The average molecular weight is 294 g/mol. The summed E-state index contributed by atoms with van der Waals surface area (Å²) in [5.74, 6) is -0.0862. The zero-order valence-electron chi connectivity index (χ0n) is 10.1. The molecule has 0 aromatic heterocycles. The molecule has 8 heteroatoms. The maximum absolute atomic E-state index is 11.9. The summed E-state index contributed by atoms with van der Waals surface area (Å²) < 4.78 is 28.7. The molecule has 2 rings (SSSR count). The molecule has 0 atom stereocenters. The summed E-state index contributed by atoms with van der Waals surface area (Å²) in [6.45, 7) is 0. The standard InChI is InChI=1S/C12H10N2O5S/c13-11-8-9(6-7-12(11)14(15)16)19-20(17,18)10-4-2-1-3-5-10/h1-8H,13H2. The van der Waals surface area contributed by atoms with Gasteiger partial charge in [-0.25, -0.2) is 0 Å². The van der Waals surface area contributed by atoms with E-state index < -0.39 is 15.0 Å². The van der Waals surface area contributed by atoms with Crippen molar-refractivity contribution < 1.29 is 17.5 Å². The van der Waals surface area contributed by atoms with E-state index >= 15 is 0 Å². The molecule has 0 unspecified atom stereocenters. The summed E-state index contributed by atoms with van der Waals surface area (Å²) in [4.78, 5) is 9.93. The third kappa shape index (κ3) is 2.86. The molecule has 0 fully saturated rings. The smallest absolute Gasteiger partial charge is 0.339 e. The van der Waals surface area contributed by atoms with Crippen molar-refractivity contribution in [3.63, 3.8) is 0 Å². The first-order valence-corrected chi connectivity index (χ1v) is 6.84. The van der Waals surface area contributed by atoms with E-state index in [4.69, 9.17) is 9.92 Å². The van der Waals surface area contributed by atoms with Crippen LogP contribution in [0.1, 0.15) is 0 Å². The molecule has 0 saturated carbocycles. The number of hydrogen-bond donors (Lipinski definition) is 1. The van der Waals surface area contributed by atoms with E-state index in [2.05, 4.69) is 0 Å². The second-order valence-corrected chi connectivity index (χ2v) is 5.37. The number of nitrogens with zero attached hydrogens (tertiary/aromatic N) is 1. The average Bonchev–Trinajstić information content (AvgIpc) is 2.39. The third-order valence-electron chi connectivity index (χ3n) is 2.43. The Labute approximate surface area is 114 Å². The number of hydrogen-bond acceptors (Lipinski definition) is 6. The largest absolute Gasteiger partial charge is 0.393 e. The fourth-order valence-electron chi connectivity index (χ4n) is 1.51. The number of nitro groups is 1. The van der Waals surface area contributed by atoms with Gasteiger partial charge in [0, 0.05) is 12.1 Å². The van der Waals surface area contributed by atoms with Crippen LogP contribution in [0.5, 0.6) is 5.75 Å². The molecule has 0 bridgehead atoms. The highest BCUT2D eigenvalue weighted by Crippen LogP contribution is 2.27. The molecule has 2 N–H and O–H groups in total. The van der Waals surface area contributed by atoms with E-state index in [-0.39, 0.29) is 22.0 Å². The van der Waals surface area contributed by atoms with Gasteiger partial charge in [0.25, 0.3) is 5.69 Å². The highest BCUT2D eigenvalue weighted by Gasteiger charge is 2.18. The molecule has 20 heavy (non-hydrogen) atoms. The van der Waals surface area contributed by atoms with Crippen LogP contribution >= 0.6 is 0 Å². The molecule has 2 aromatic rings. The molecule has 7 nitrogen and oxygen atoms in total. The van der Waals surface area contributed by atoms with E-state index in [9.17, 15) is 18.5 Å². The summed E-state index contributed by atoms with van der Waals surface area (Å²) in [6, 6.07) is 10.9. The first-order valence-electron chi connectivity index (χ1n) is 5.43. The van der Waals surface area contributed by atoms with Crippen LogP contribution < -0.4 is 9.92 Å². The van der Waals surface area contributed by atoms with E-state index in [1.165, 1.54) is 18.2 Å². The van der Waals surface area contributed by atoms with Gasteiger partial charge in [-0.3, -0.25) is 10.1 Å². The Hall–Kier alpha value is -2.61. The van der Waals surface area contributed by atoms with Crippen LogP contribution in [0.15, 0.2) is 53.4 Å². The molecular formula is C12H10N2O5S. The van der Waals surface area contributed by atoms with Crippen LogP contribution in [0.2, 0.25) is 0 Å². The maximum atomic E-state index is 11.9. The Kier molecular flexibility index (Phi) is 3.57. The number of anilines is 1. The van der Waals surface area contributed by atoms with Crippen molar-refractivity contribution >= 4 is 21.5 Å². The van der Waals surface area contributed by atoms with Crippen LogP contribution in [0.3, 0.4) is 0 Å². The lowest BCUT2D eigenvalue weighted by molar-refractivity contribution is -0.383. The highest BCUT2D eigenvalue weighted by atomic mass is 32.2. The van der Waals surface area contributed by atoms with Gasteiger partial charge in [0.05, 0.1) is 4.92 Å². The first-order chi connectivity index (χ1) is 9.40. The molecule has 0 spiro atoms. The lowest BCUT2D eigenvalue weighted by Gasteiger charge is -2.07. The second-order valence-electron chi connectivity index (χ2n) is 3.83. The molecule has 0 amide bonds. The molecule has 104 valence electrons. The van der Waals surface area contributed by atoms with Gasteiger partial charge in [0.1, 0.15) is 16.3 Å². The second kappa shape index (κ2) is 5.17. The van der Waals surface area contributed by atoms with E-state index in [1.807, 2.05) is 0 Å². The normalized spacial score (nSPS) is 11.0. The van der Waals surface area contributed by atoms with Crippen LogP contribution in [-0.4, -0.2) is 13.3 Å². The van der Waals surface area contributed by atoms with Gasteiger partial charge >= 0.3 is 10.1 Å². The molecule has 0 saturated heterocycles. The molecule has 0 aliphatic heterocycles. The van der Waals surface area contributed by atoms with Gasteiger partial charge in [0.15, 0.2) is 0 Å². The number of nitro benzene ring substituents is 1. The summed E-state index contributed by atoms with van der Waals surface area (Å²) in [5, 5.41) is 10.6. The Bertz CT molecular complexity index is 744. The summed E-state index contributed by atoms with van der Waals surface area (Å²) in [7, 11) is -3.99. The molecule has 0 radical (unpaired) electrons. The van der Waals surface area contributed by atoms with Crippen molar-refractivity contribution in [3.05, 3.63) is 58.6 Å². The summed E-state index contributed by atoms with van der Waals surface area (Å²) in [5.41, 5.74) is 4.98. The predicted octanol–water partition coefficient (Wildman–Crippen LogP) is 1.94. The molecule has 0 aliphatic carbocycles. The maximum Gasteiger partial charge on any atom is 0.339 e. The van der Waals surface area contributed by atoms with Crippen molar-refractivity contribution in [2.45, 2.75) is 4.90 Å². The minimum atomic E-state index is -3.99. The summed E-state index contributed by atoms with van der Waals surface area (Å²) in [6.07, 6.45) is 0. The monoisotopic (exact) mass is 294 g/mol. The highest BCUT2D eigenvalue weighted by molar-refractivity contribution is 7.87. The number of nitrogens with two attached hydrogens (primary N) is 1. The lowest BCUT2D eigenvalue weighted by atomic mass is 10.2. The number of rotatable bonds is 4. The number of nitrogen functional groups attached to an aromatic ring is 1. The van der Waals surface area contributed by atoms with Crippen LogP contribution in [-0.2, 0) is 10.1 Å². The van der Waals surface area contributed by atoms with E-state index in [0.29, 0.717) is 0 Å². The van der Waals surface area contributed by atoms with Gasteiger partial charge in [-0.05, 0) is 18.2 Å². The Morgan fingerprint density at radius 1 is 1.10 bits per heavy atom. The zero-order chi connectivity index (χ0) is 14.8. The van der Waals surface area contributed by atoms with Crippen molar-refractivity contribution in [1.29, 1.82) is 0 Å². The van der Waals surface area contributed by atoms with Gasteiger partial charge < -0.3 is 9.92 Å². The van der Waals surface area contributed by atoms with Crippen LogP contribution in [0.4, 0.5) is 11.4 Å². The van der Waals surface area contributed by atoms with Gasteiger partial charge in [0.2, 0.25) is 0 Å². The summed E-state index contributed by atoms with van der Waals surface area (Å²) >= 11 is 0. The van der Waals surface area contributed by atoms with E-state index in [1.54, 1.807) is 18.2 Å². The van der Waals surface area contributed by atoms with Gasteiger partial charge in [-0.1, -0.05) is 18.2 Å². The third-order valence-corrected chi connectivity index (χ3v) is 3.69. The van der Waals surface area contributed by atoms with Crippen molar-refractivity contribution in [3.8, 4) is 5.75 Å². The Morgan fingerprint density at radius 3 is 2.30 bits per heavy atom. The fraction of sp³-hybridized carbons (Fsp3) is 0.